The molecule has 1 aromatic carbocycles. The first-order chi connectivity index (χ1) is 9.20. The summed E-state index contributed by atoms with van der Waals surface area (Å²) < 4.78 is 0. The van der Waals surface area contributed by atoms with E-state index in [1.807, 2.05) is 12.1 Å². The Labute approximate surface area is 119 Å². The number of para-hydroxylation sites is 1. The summed E-state index contributed by atoms with van der Waals surface area (Å²) in [6, 6.07) is 10.9. The van der Waals surface area contributed by atoms with Crippen LogP contribution in [0.5, 0.6) is 0 Å². The zero-order chi connectivity index (χ0) is 13.4. The number of hydrogen-bond donors (Lipinski definition) is 0. The predicted molar refractivity (Wildman–Crippen MR) is 81.9 cm³/mol. The van der Waals surface area contributed by atoms with Gasteiger partial charge in [-0.15, -0.1) is 11.6 Å². The number of rotatable bonds is 4. The average Bonchev–Trinajstić information content (AvgIpc) is 3.29. The summed E-state index contributed by atoms with van der Waals surface area (Å²) in [6.45, 7) is 2.29. The van der Waals surface area contributed by atoms with E-state index in [1.54, 1.807) is 0 Å². The quantitative estimate of drug-likeness (QED) is 0.777. The van der Waals surface area contributed by atoms with Gasteiger partial charge in [-0.1, -0.05) is 18.2 Å². The second-order valence-corrected chi connectivity index (χ2v) is 5.75. The molecule has 1 aliphatic rings. The van der Waals surface area contributed by atoms with E-state index >= 15 is 0 Å². The Hall–Kier alpha value is -1.28. The maximum absolute atomic E-state index is 6.09. The topological polar surface area (TPSA) is 16.1 Å². The van der Waals surface area contributed by atoms with Crippen molar-refractivity contribution in [1.29, 1.82) is 0 Å². The summed E-state index contributed by atoms with van der Waals surface area (Å²) in [5.41, 5.74) is 2.20. The summed E-state index contributed by atoms with van der Waals surface area (Å²) in [5, 5.41) is 1.16. The van der Waals surface area contributed by atoms with E-state index in [0.29, 0.717) is 11.9 Å². The molecule has 2 nitrogen and oxygen atoms in total. The summed E-state index contributed by atoms with van der Waals surface area (Å²) in [5.74, 6) is 2.40. The van der Waals surface area contributed by atoms with Crippen LogP contribution in [-0.4, -0.2) is 18.1 Å². The van der Waals surface area contributed by atoms with Gasteiger partial charge in [-0.25, -0.2) is 4.98 Å². The SMILES string of the molecule is CC(C1CC1)N(C)c1cc(CCl)c2ccccc2n1. The molecular formula is C16H19ClN2. The summed E-state index contributed by atoms with van der Waals surface area (Å²) in [6.07, 6.45) is 2.70. The number of benzene rings is 1. The fraction of sp³-hybridized carbons (Fsp3) is 0.438. The zero-order valence-electron chi connectivity index (χ0n) is 11.4. The highest BCUT2D eigenvalue weighted by Gasteiger charge is 2.31. The molecule has 3 rings (SSSR count). The van der Waals surface area contributed by atoms with Crippen molar-refractivity contribution in [3.63, 3.8) is 0 Å². The van der Waals surface area contributed by atoms with Crippen molar-refractivity contribution in [1.82, 2.24) is 4.98 Å². The minimum absolute atomic E-state index is 0.529. The van der Waals surface area contributed by atoms with Crippen LogP contribution in [0.25, 0.3) is 10.9 Å². The lowest BCUT2D eigenvalue weighted by Crippen LogP contribution is -2.31. The van der Waals surface area contributed by atoms with Gasteiger partial charge in [-0.2, -0.15) is 0 Å². The van der Waals surface area contributed by atoms with Crippen molar-refractivity contribution in [2.45, 2.75) is 31.7 Å². The van der Waals surface area contributed by atoms with Crippen LogP contribution >= 0.6 is 11.6 Å². The molecule has 1 saturated carbocycles. The molecule has 19 heavy (non-hydrogen) atoms. The third-order valence-corrected chi connectivity index (χ3v) is 4.50. The van der Waals surface area contributed by atoms with Gasteiger partial charge in [-0.3, -0.25) is 0 Å². The van der Waals surface area contributed by atoms with Gasteiger partial charge < -0.3 is 4.90 Å². The number of anilines is 1. The molecule has 1 atom stereocenters. The van der Waals surface area contributed by atoms with Crippen LogP contribution in [0.4, 0.5) is 5.82 Å². The first-order valence-electron chi connectivity index (χ1n) is 6.88. The maximum atomic E-state index is 6.09. The van der Waals surface area contributed by atoms with E-state index in [2.05, 4.69) is 37.1 Å². The van der Waals surface area contributed by atoms with Crippen LogP contribution in [0.3, 0.4) is 0 Å². The van der Waals surface area contributed by atoms with Gasteiger partial charge in [0.15, 0.2) is 0 Å². The molecule has 0 spiro atoms. The molecule has 0 aliphatic heterocycles. The Bertz CT molecular complexity index is 592. The van der Waals surface area contributed by atoms with Gasteiger partial charge in [0.2, 0.25) is 0 Å². The van der Waals surface area contributed by atoms with Gasteiger partial charge >= 0.3 is 0 Å². The molecule has 0 N–H and O–H groups in total. The maximum Gasteiger partial charge on any atom is 0.129 e. The molecule has 1 aromatic heterocycles. The number of hydrogen-bond acceptors (Lipinski definition) is 2. The van der Waals surface area contributed by atoms with Crippen molar-refractivity contribution >= 4 is 28.3 Å². The van der Waals surface area contributed by atoms with Crippen molar-refractivity contribution in [2.24, 2.45) is 5.92 Å². The van der Waals surface area contributed by atoms with Gasteiger partial charge in [0.05, 0.1) is 5.52 Å². The summed E-state index contributed by atoms with van der Waals surface area (Å²) >= 11 is 6.09. The van der Waals surface area contributed by atoms with Crippen molar-refractivity contribution in [2.75, 3.05) is 11.9 Å². The van der Waals surface area contributed by atoms with Crippen LogP contribution < -0.4 is 4.90 Å². The highest BCUT2D eigenvalue weighted by atomic mass is 35.5. The van der Waals surface area contributed by atoms with Crippen LogP contribution in [0.15, 0.2) is 30.3 Å². The van der Waals surface area contributed by atoms with Crippen LogP contribution in [0, 0.1) is 5.92 Å². The van der Waals surface area contributed by atoms with Crippen LogP contribution in [0.2, 0.25) is 0 Å². The van der Waals surface area contributed by atoms with E-state index in [1.165, 1.54) is 12.8 Å². The van der Waals surface area contributed by atoms with E-state index in [9.17, 15) is 0 Å². The normalized spacial score (nSPS) is 16.6. The largest absolute Gasteiger partial charge is 0.357 e. The summed E-state index contributed by atoms with van der Waals surface area (Å²) in [7, 11) is 2.14. The van der Waals surface area contributed by atoms with Crippen LogP contribution in [-0.2, 0) is 5.88 Å². The molecule has 1 fully saturated rings. The molecule has 100 valence electrons. The van der Waals surface area contributed by atoms with Crippen molar-refractivity contribution in [3.05, 3.63) is 35.9 Å². The lowest BCUT2D eigenvalue weighted by atomic mass is 10.1. The van der Waals surface area contributed by atoms with Gasteiger partial charge in [0, 0.05) is 24.4 Å². The minimum Gasteiger partial charge on any atom is -0.357 e. The smallest absolute Gasteiger partial charge is 0.129 e. The van der Waals surface area contributed by atoms with Crippen LogP contribution in [0.1, 0.15) is 25.3 Å². The highest BCUT2D eigenvalue weighted by Crippen LogP contribution is 2.36. The molecule has 3 heteroatoms. The Morgan fingerprint density at radius 3 is 2.79 bits per heavy atom. The monoisotopic (exact) mass is 274 g/mol. The molecular weight excluding hydrogens is 256 g/mol. The molecule has 0 amide bonds. The molecule has 0 radical (unpaired) electrons. The Morgan fingerprint density at radius 1 is 1.37 bits per heavy atom. The van der Waals surface area contributed by atoms with Crippen molar-refractivity contribution < 1.29 is 0 Å². The molecule has 1 heterocycles. The standard InChI is InChI=1S/C16H19ClN2/c1-11(12-7-8-12)19(2)16-9-13(10-17)14-5-3-4-6-15(14)18-16/h3-6,9,11-12H,7-8,10H2,1-2H3. The molecule has 2 aromatic rings. The number of fused-ring (bicyclic) bond motifs is 1. The zero-order valence-corrected chi connectivity index (χ0v) is 12.2. The number of aromatic nitrogens is 1. The molecule has 1 unspecified atom stereocenters. The molecule has 0 bridgehead atoms. The van der Waals surface area contributed by atoms with Gasteiger partial charge in [-0.05, 0) is 43.4 Å². The number of pyridine rings is 1. The summed E-state index contributed by atoms with van der Waals surface area (Å²) in [4.78, 5) is 7.07. The Kier molecular flexibility index (Phi) is 3.36. The fourth-order valence-electron chi connectivity index (χ4n) is 2.63. The minimum atomic E-state index is 0.529. The van der Waals surface area contributed by atoms with Gasteiger partial charge in [0.25, 0.3) is 0 Å². The third-order valence-electron chi connectivity index (χ3n) is 4.21. The third kappa shape index (κ3) is 2.42. The number of nitrogens with zero attached hydrogens (tertiary/aromatic N) is 2. The second kappa shape index (κ2) is 5.01. The first-order valence-corrected chi connectivity index (χ1v) is 7.41. The van der Waals surface area contributed by atoms with E-state index in [0.717, 1.165) is 28.2 Å². The van der Waals surface area contributed by atoms with E-state index in [4.69, 9.17) is 16.6 Å². The molecule has 1 aliphatic carbocycles. The number of halogens is 1. The van der Waals surface area contributed by atoms with E-state index < -0.39 is 0 Å². The first kappa shape index (κ1) is 12.7. The fourth-order valence-corrected chi connectivity index (χ4v) is 2.85. The Morgan fingerprint density at radius 2 is 2.11 bits per heavy atom. The Balaban J connectivity index is 2.03. The van der Waals surface area contributed by atoms with E-state index in [-0.39, 0.29) is 0 Å². The predicted octanol–water partition coefficient (Wildman–Crippen LogP) is 4.21. The lowest BCUT2D eigenvalue weighted by Gasteiger charge is -2.26. The highest BCUT2D eigenvalue weighted by molar-refractivity contribution is 6.18. The van der Waals surface area contributed by atoms with Crippen molar-refractivity contribution in [3.8, 4) is 0 Å². The molecule has 0 saturated heterocycles. The number of alkyl halides is 1. The van der Waals surface area contributed by atoms with Gasteiger partial charge in [0.1, 0.15) is 5.82 Å². The second-order valence-electron chi connectivity index (χ2n) is 5.48. The lowest BCUT2D eigenvalue weighted by molar-refractivity contribution is 0.604. The average molecular weight is 275 g/mol.